The van der Waals surface area contributed by atoms with Gasteiger partial charge in [0.2, 0.25) is 5.91 Å². The summed E-state index contributed by atoms with van der Waals surface area (Å²) in [6.45, 7) is 0.741. The van der Waals surface area contributed by atoms with E-state index in [0.29, 0.717) is 23.7 Å². The Hall–Kier alpha value is -1.59. The molecule has 2 rings (SSSR count). The minimum absolute atomic E-state index is 0.0968. The molecule has 108 valence electrons. The van der Waals surface area contributed by atoms with E-state index in [0.717, 1.165) is 12.8 Å². The number of benzene rings is 1. The van der Waals surface area contributed by atoms with Gasteiger partial charge in [-0.05, 0) is 43.7 Å². The minimum atomic E-state index is -0.857. The van der Waals surface area contributed by atoms with Crippen molar-refractivity contribution in [1.82, 2.24) is 4.90 Å². The maximum Gasteiger partial charge on any atom is 0.320 e. The Morgan fingerprint density at radius 2 is 2.00 bits per heavy atom. The second-order valence-electron chi connectivity index (χ2n) is 4.88. The lowest BCUT2D eigenvalue weighted by atomic mass is 10.0. The van der Waals surface area contributed by atoms with Gasteiger partial charge in [-0.1, -0.05) is 18.0 Å². The summed E-state index contributed by atoms with van der Waals surface area (Å²) in [6.07, 6.45) is 2.42. The number of amides is 1. The normalized spacial score (nSPS) is 19.6. The number of carboxylic acids is 1. The van der Waals surface area contributed by atoms with Crippen molar-refractivity contribution in [3.8, 4) is 0 Å². The average Bonchev–Trinajstić information content (AvgIpc) is 2.41. The van der Waals surface area contributed by atoms with E-state index in [2.05, 4.69) is 5.32 Å². The number of carbonyl (C=O) groups excluding carboxylic acids is 1. The van der Waals surface area contributed by atoms with Crippen LogP contribution in [0.1, 0.15) is 19.3 Å². The summed E-state index contributed by atoms with van der Waals surface area (Å²) < 4.78 is 0. The smallest absolute Gasteiger partial charge is 0.320 e. The number of halogens is 1. The SMILES string of the molecule is O=C(CN1CCCCC1C(=O)O)Nc1ccc(Cl)cc1. The highest BCUT2D eigenvalue weighted by Gasteiger charge is 2.29. The fourth-order valence-corrected chi connectivity index (χ4v) is 2.50. The predicted molar refractivity (Wildman–Crippen MR) is 76.9 cm³/mol. The van der Waals surface area contributed by atoms with E-state index < -0.39 is 12.0 Å². The van der Waals surface area contributed by atoms with Crippen LogP contribution < -0.4 is 5.32 Å². The molecule has 20 heavy (non-hydrogen) atoms. The van der Waals surface area contributed by atoms with Crippen molar-refractivity contribution in [3.05, 3.63) is 29.3 Å². The van der Waals surface area contributed by atoms with Crippen LogP contribution in [-0.4, -0.2) is 41.0 Å². The van der Waals surface area contributed by atoms with Crippen LogP contribution in [0.4, 0.5) is 5.69 Å². The standard InChI is InChI=1S/C14H17ClN2O3/c15-10-4-6-11(7-5-10)16-13(18)9-17-8-2-1-3-12(17)14(19)20/h4-7,12H,1-3,8-9H2,(H,16,18)(H,19,20). The number of likely N-dealkylation sites (tertiary alicyclic amines) is 1. The number of hydrogen-bond acceptors (Lipinski definition) is 3. The molecule has 1 amide bonds. The van der Waals surface area contributed by atoms with Crippen LogP contribution in [0.3, 0.4) is 0 Å². The van der Waals surface area contributed by atoms with E-state index in [1.807, 2.05) is 0 Å². The summed E-state index contributed by atoms with van der Waals surface area (Å²) in [6, 6.07) is 6.26. The molecule has 1 aromatic rings. The first-order valence-corrected chi connectivity index (χ1v) is 6.96. The Morgan fingerprint density at radius 3 is 2.65 bits per heavy atom. The molecule has 2 N–H and O–H groups in total. The lowest BCUT2D eigenvalue weighted by Crippen LogP contribution is -2.47. The Morgan fingerprint density at radius 1 is 1.30 bits per heavy atom. The highest BCUT2D eigenvalue weighted by atomic mass is 35.5. The monoisotopic (exact) mass is 296 g/mol. The number of nitrogens with one attached hydrogen (secondary N) is 1. The molecular weight excluding hydrogens is 280 g/mol. The van der Waals surface area contributed by atoms with E-state index in [1.165, 1.54) is 0 Å². The molecule has 0 spiro atoms. The molecule has 0 aliphatic carbocycles. The zero-order valence-corrected chi connectivity index (χ0v) is 11.8. The fourth-order valence-electron chi connectivity index (χ4n) is 2.38. The molecule has 6 heteroatoms. The van der Waals surface area contributed by atoms with Crippen LogP contribution in [-0.2, 0) is 9.59 Å². The Labute approximate surface area is 122 Å². The summed E-state index contributed by atoms with van der Waals surface area (Å²) in [4.78, 5) is 24.8. The molecule has 0 aromatic heterocycles. The lowest BCUT2D eigenvalue weighted by Gasteiger charge is -2.32. The van der Waals surface area contributed by atoms with Crippen LogP contribution in [0.2, 0.25) is 5.02 Å². The summed E-state index contributed by atoms with van der Waals surface area (Å²) in [5.74, 6) is -1.07. The number of hydrogen-bond donors (Lipinski definition) is 2. The molecule has 5 nitrogen and oxygen atoms in total. The molecule has 1 aliphatic heterocycles. The van der Waals surface area contributed by atoms with Crippen LogP contribution in [0.25, 0.3) is 0 Å². The van der Waals surface area contributed by atoms with Crippen LogP contribution in [0, 0.1) is 0 Å². The third kappa shape index (κ3) is 3.95. The van der Waals surface area contributed by atoms with Gasteiger partial charge >= 0.3 is 5.97 Å². The van der Waals surface area contributed by atoms with Gasteiger partial charge in [0.15, 0.2) is 0 Å². The van der Waals surface area contributed by atoms with Crippen LogP contribution in [0.5, 0.6) is 0 Å². The van der Waals surface area contributed by atoms with E-state index in [-0.39, 0.29) is 12.5 Å². The first kappa shape index (κ1) is 14.8. The molecule has 1 atom stereocenters. The van der Waals surface area contributed by atoms with Gasteiger partial charge in [-0.15, -0.1) is 0 Å². The largest absolute Gasteiger partial charge is 0.480 e. The maximum absolute atomic E-state index is 12.0. The quantitative estimate of drug-likeness (QED) is 0.894. The Kier molecular flexibility index (Phi) is 4.98. The average molecular weight is 297 g/mol. The molecule has 1 heterocycles. The van der Waals surface area contributed by atoms with Gasteiger partial charge in [0.1, 0.15) is 6.04 Å². The first-order valence-electron chi connectivity index (χ1n) is 6.58. The van der Waals surface area contributed by atoms with E-state index in [4.69, 9.17) is 16.7 Å². The molecule has 1 fully saturated rings. The predicted octanol–water partition coefficient (Wildman–Crippen LogP) is 2.22. The Bertz CT molecular complexity index is 490. The van der Waals surface area contributed by atoms with Gasteiger partial charge in [0.25, 0.3) is 0 Å². The first-order chi connectivity index (χ1) is 9.56. The van der Waals surface area contributed by atoms with Crippen molar-refractivity contribution in [1.29, 1.82) is 0 Å². The maximum atomic E-state index is 12.0. The lowest BCUT2D eigenvalue weighted by molar-refractivity contribution is -0.145. The summed E-state index contributed by atoms with van der Waals surface area (Å²) in [5, 5.41) is 12.5. The van der Waals surface area contributed by atoms with Gasteiger partial charge in [-0.25, -0.2) is 0 Å². The van der Waals surface area contributed by atoms with Gasteiger partial charge in [0.05, 0.1) is 6.54 Å². The second-order valence-corrected chi connectivity index (χ2v) is 5.31. The van der Waals surface area contributed by atoms with E-state index >= 15 is 0 Å². The van der Waals surface area contributed by atoms with Gasteiger partial charge in [0, 0.05) is 10.7 Å². The third-order valence-corrected chi connectivity index (χ3v) is 3.63. The van der Waals surface area contributed by atoms with Gasteiger partial charge in [-0.3, -0.25) is 14.5 Å². The number of aliphatic carboxylic acids is 1. The van der Waals surface area contributed by atoms with Crippen molar-refractivity contribution in [3.63, 3.8) is 0 Å². The summed E-state index contributed by atoms with van der Waals surface area (Å²) in [5.41, 5.74) is 0.656. The van der Waals surface area contributed by atoms with Gasteiger partial charge < -0.3 is 10.4 Å². The molecular formula is C14H17ClN2O3. The molecule has 1 unspecified atom stereocenters. The number of rotatable bonds is 4. The molecule has 0 radical (unpaired) electrons. The number of carbonyl (C=O) groups is 2. The number of piperidine rings is 1. The molecule has 0 saturated carbocycles. The molecule has 1 aromatic carbocycles. The van der Waals surface area contributed by atoms with E-state index in [9.17, 15) is 9.59 Å². The van der Waals surface area contributed by atoms with E-state index in [1.54, 1.807) is 29.2 Å². The molecule has 1 aliphatic rings. The number of carboxylic acid groups (broad SMARTS) is 1. The highest BCUT2D eigenvalue weighted by Crippen LogP contribution is 2.17. The highest BCUT2D eigenvalue weighted by molar-refractivity contribution is 6.30. The van der Waals surface area contributed by atoms with Crippen LogP contribution >= 0.6 is 11.6 Å². The number of anilines is 1. The van der Waals surface area contributed by atoms with Gasteiger partial charge in [-0.2, -0.15) is 0 Å². The zero-order valence-electron chi connectivity index (χ0n) is 11.0. The van der Waals surface area contributed by atoms with Crippen molar-refractivity contribution < 1.29 is 14.7 Å². The van der Waals surface area contributed by atoms with Crippen molar-refractivity contribution in [2.75, 3.05) is 18.4 Å². The summed E-state index contributed by atoms with van der Waals surface area (Å²) >= 11 is 5.77. The zero-order chi connectivity index (χ0) is 14.5. The third-order valence-electron chi connectivity index (χ3n) is 3.37. The van der Waals surface area contributed by atoms with Crippen molar-refractivity contribution in [2.45, 2.75) is 25.3 Å². The topological polar surface area (TPSA) is 69.6 Å². The second kappa shape index (κ2) is 6.72. The molecule has 0 bridgehead atoms. The Balaban J connectivity index is 1.92. The van der Waals surface area contributed by atoms with Crippen molar-refractivity contribution >= 4 is 29.2 Å². The number of nitrogens with zero attached hydrogens (tertiary/aromatic N) is 1. The molecule has 1 saturated heterocycles. The van der Waals surface area contributed by atoms with Crippen molar-refractivity contribution in [2.24, 2.45) is 0 Å². The minimum Gasteiger partial charge on any atom is -0.480 e. The van der Waals surface area contributed by atoms with Crippen LogP contribution in [0.15, 0.2) is 24.3 Å². The fraction of sp³-hybridized carbons (Fsp3) is 0.429. The summed E-state index contributed by atoms with van der Waals surface area (Å²) in [7, 11) is 0.